The highest BCUT2D eigenvalue weighted by Crippen LogP contribution is 2.12. The molecule has 0 aliphatic rings. The maximum absolute atomic E-state index is 13.1. The normalized spacial score (nSPS) is 10.5. The van der Waals surface area contributed by atoms with Gasteiger partial charge in [-0.3, -0.25) is 0 Å². The van der Waals surface area contributed by atoms with Crippen LogP contribution in [-0.2, 0) is 11.3 Å². The van der Waals surface area contributed by atoms with Gasteiger partial charge in [-0.15, -0.1) is 0 Å². The van der Waals surface area contributed by atoms with Crippen molar-refractivity contribution in [3.63, 3.8) is 0 Å². The summed E-state index contributed by atoms with van der Waals surface area (Å²) in [5.74, 6) is -1.97. The van der Waals surface area contributed by atoms with E-state index in [4.69, 9.17) is 9.84 Å². The van der Waals surface area contributed by atoms with E-state index in [1.165, 1.54) is 6.07 Å². The van der Waals surface area contributed by atoms with Gasteiger partial charge in [-0.2, -0.15) is 0 Å². The lowest BCUT2D eigenvalue weighted by Crippen LogP contribution is -2.03. The van der Waals surface area contributed by atoms with Gasteiger partial charge < -0.3 is 9.84 Å². The zero-order valence-electron chi connectivity index (χ0n) is 9.91. The van der Waals surface area contributed by atoms with Crippen LogP contribution in [-0.4, -0.2) is 17.7 Å². The molecule has 1 rings (SSSR count). The van der Waals surface area contributed by atoms with Gasteiger partial charge in [0.25, 0.3) is 0 Å². The van der Waals surface area contributed by atoms with Crippen LogP contribution in [0.15, 0.2) is 18.2 Å². The summed E-state index contributed by atoms with van der Waals surface area (Å²) in [5, 5.41) is 8.75. The average molecular weight is 240 g/mol. The lowest BCUT2D eigenvalue weighted by atomic mass is 10.1. The summed E-state index contributed by atoms with van der Waals surface area (Å²) in [6.45, 7) is 3.08. The van der Waals surface area contributed by atoms with Crippen molar-refractivity contribution in [2.24, 2.45) is 0 Å². The lowest BCUT2D eigenvalue weighted by Gasteiger charge is -2.05. The molecule has 0 unspecified atom stereocenters. The highest BCUT2D eigenvalue weighted by Gasteiger charge is 2.10. The molecule has 0 radical (unpaired) electrons. The van der Waals surface area contributed by atoms with Crippen LogP contribution in [0.25, 0.3) is 0 Å². The highest BCUT2D eigenvalue weighted by atomic mass is 19.1. The number of carboxylic acids is 1. The van der Waals surface area contributed by atoms with Crippen molar-refractivity contribution in [3.8, 4) is 0 Å². The number of carboxylic acid groups (broad SMARTS) is 1. The average Bonchev–Trinajstić information content (AvgIpc) is 2.30. The van der Waals surface area contributed by atoms with Crippen LogP contribution in [0, 0.1) is 5.82 Å². The van der Waals surface area contributed by atoms with Gasteiger partial charge in [-0.05, 0) is 24.1 Å². The van der Waals surface area contributed by atoms with Crippen molar-refractivity contribution in [2.45, 2.75) is 32.8 Å². The van der Waals surface area contributed by atoms with Crippen LogP contribution < -0.4 is 0 Å². The largest absolute Gasteiger partial charge is 0.478 e. The topological polar surface area (TPSA) is 46.5 Å². The third-order valence-electron chi connectivity index (χ3n) is 2.42. The van der Waals surface area contributed by atoms with Crippen LogP contribution in [0.5, 0.6) is 0 Å². The molecule has 0 bridgehead atoms. The maximum atomic E-state index is 13.1. The standard InChI is InChI=1S/C13H17FO3/c1-2-3-4-7-17-9-10-5-6-12(14)11(8-10)13(15)16/h5-6,8H,2-4,7,9H2,1H3,(H,15,16). The predicted molar refractivity (Wildman–Crippen MR) is 62.5 cm³/mol. The monoisotopic (exact) mass is 240 g/mol. The molecule has 0 aromatic heterocycles. The van der Waals surface area contributed by atoms with E-state index in [0.717, 1.165) is 25.3 Å². The summed E-state index contributed by atoms with van der Waals surface area (Å²) in [5.41, 5.74) is 0.375. The molecule has 17 heavy (non-hydrogen) atoms. The number of aromatic carboxylic acids is 1. The first-order valence-electron chi connectivity index (χ1n) is 5.74. The first-order valence-corrected chi connectivity index (χ1v) is 5.74. The Morgan fingerprint density at radius 3 is 2.82 bits per heavy atom. The molecule has 4 heteroatoms. The van der Waals surface area contributed by atoms with Crippen LogP contribution in [0.4, 0.5) is 4.39 Å². The summed E-state index contributed by atoms with van der Waals surface area (Å²) in [7, 11) is 0. The zero-order valence-corrected chi connectivity index (χ0v) is 9.91. The molecule has 94 valence electrons. The Morgan fingerprint density at radius 1 is 1.41 bits per heavy atom. The molecule has 0 heterocycles. The Labute approximate surface area is 100 Å². The first-order chi connectivity index (χ1) is 8.15. The van der Waals surface area contributed by atoms with Gasteiger partial charge in [0.15, 0.2) is 0 Å². The Bertz CT molecular complexity index is 377. The number of halogens is 1. The van der Waals surface area contributed by atoms with Crippen molar-refractivity contribution in [1.29, 1.82) is 0 Å². The molecule has 0 saturated heterocycles. The second kappa shape index (κ2) is 7.01. The van der Waals surface area contributed by atoms with E-state index in [1.807, 2.05) is 0 Å². The molecular formula is C13H17FO3. The van der Waals surface area contributed by atoms with Gasteiger partial charge >= 0.3 is 5.97 Å². The van der Waals surface area contributed by atoms with Crippen molar-refractivity contribution in [3.05, 3.63) is 35.1 Å². The molecule has 0 spiro atoms. The second-order valence-electron chi connectivity index (χ2n) is 3.88. The molecule has 1 N–H and O–H groups in total. The summed E-state index contributed by atoms with van der Waals surface area (Å²) in [6, 6.07) is 4.02. The molecule has 0 atom stereocenters. The summed E-state index contributed by atoms with van der Waals surface area (Å²) < 4.78 is 18.5. The molecule has 1 aromatic carbocycles. The van der Waals surface area contributed by atoms with E-state index in [-0.39, 0.29) is 5.56 Å². The van der Waals surface area contributed by atoms with E-state index in [9.17, 15) is 9.18 Å². The third-order valence-corrected chi connectivity index (χ3v) is 2.42. The highest BCUT2D eigenvalue weighted by molar-refractivity contribution is 5.88. The van der Waals surface area contributed by atoms with E-state index in [2.05, 4.69) is 6.92 Å². The van der Waals surface area contributed by atoms with E-state index >= 15 is 0 Å². The minimum Gasteiger partial charge on any atom is -0.478 e. The van der Waals surface area contributed by atoms with Crippen LogP contribution in [0.2, 0.25) is 0 Å². The van der Waals surface area contributed by atoms with Gasteiger partial charge in [0, 0.05) is 6.61 Å². The molecule has 0 aliphatic carbocycles. The van der Waals surface area contributed by atoms with Crippen LogP contribution in [0.3, 0.4) is 0 Å². The van der Waals surface area contributed by atoms with Gasteiger partial charge in [-0.25, -0.2) is 9.18 Å². The molecule has 3 nitrogen and oxygen atoms in total. The van der Waals surface area contributed by atoms with E-state index in [1.54, 1.807) is 6.07 Å². The van der Waals surface area contributed by atoms with Gasteiger partial charge in [0.2, 0.25) is 0 Å². The maximum Gasteiger partial charge on any atom is 0.338 e. The van der Waals surface area contributed by atoms with Gasteiger partial charge in [0.05, 0.1) is 12.2 Å². The van der Waals surface area contributed by atoms with Crippen LogP contribution >= 0.6 is 0 Å². The van der Waals surface area contributed by atoms with Crippen LogP contribution in [0.1, 0.15) is 42.1 Å². The molecular weight excluding hydrogens is 223 g/mol. The summed E-state index contributed by atoms with van der Waals surface area (Å²) >= 11 is 0. The number of rotatable bonds is 7. The Kier molecular flexibility index (Phi) is 5.63. The number of hydrogen-bond acceptors (Lipinski definition) is 2. The minimum absolute atomic E-state index is 0.306. The zero-order chi connectivity index (χ0) is 12.7. The number of benzene rings is 1. The fraction of sp³-hybridized carbons (Fsp3) is 0.462. The van der Waals surface area contributed by atoms with E-state index < -0.39 is 11.8 Å². The van der Waals surface area contributed by atoms with Crippen molar-refractivity contribution in [1.82, 2.24) is 0 Å². The molecule has 1 aromatic rings. The smallest absolute Gasteiger partial charge is 0.338 e. The number of hydrogen-bond donors (Lipinski definition) is 1. The summed E-state index contributed by atoms with van der Waals surface area (Å²) in [4.78, 5) is 10.7. The number of carbonyl (C=O) groups is 1. The Balaban J connectivity index is 2.49. The van der Waals surface area contributed by atoms with Crippen molar-refractivity contribution < 1.29 is 19.0 Å². The lowest BCUT2D eigenvalue weighted by molar-refractivity contribution is 0.0691. The van der Waals surface area contributed by atoms with Gasteiger partial charge in [0.1, 0.15) is 5.82 Å². The molecule has 0 fully saturated rings. The quantitative estimate of drug-likeness (QED) is 0.744. The molecule has 0 saturated carbocycles. The second-order valence-corrected chi connectivity index (χ2v) is 3.88. The first kappa shape index (κ1) is 13.6. The van der Waals surface area contributed by atoms with E-state index in [0.29, 0.717) is 18.8 Å². The fourth-order valence-electron chi connectivity index (χ4n) is 1.47. The van der Waals surface area contributed by atoms with Crippen molar-refractivity contribution >= 4 is 5.97 Å². The Hall–Kier alpha value is -1.42. The SMILES string of the molecule is CCCCCOCc1ccc(F)c(C(=O)O)c1. The predicted octanol–water partition coefficient (Wildman–Crippen LogP) is 3.23. The number of ether oxygens (including phenoxy) is 1. The Morgan fingerprint density at radius 2 is 2.18 bits per heavy atom. The molecule has 0 aliphatic heterocycles. The third kappa shape index (κ3) is 4.53. The summed E-state index contributed by atoms with van der Waals surface area (Å²) in [6.07, 6.45) is 3.23. The fourth-order valence-corrected chi connectivity index (χ4v) is 1.47. The van der Waals surface area contributed by atoms with Crippen molar-refractivity contribution in [2.75, 3.05) is 6.61 Å². The molecule has 0 amide bonds. The minimum atomic E-state index is -1.25. The number of unbranched alkanes of at least 4 members (excludes halogenated alkanes) is 2. The van der Waals surface area contributed by atoms with Gasteiger partial charge in [-0.1, -0.05) is 25.8 Å².